The van der Waals surface area contributed by atoms with Gasteiger partial charge in [0.05, 0.1) is 10.5 Å². The van der Waals surface area contributed by atoms with Crippen molar-refractivity contribution in [3.63, 3.8) is 0 Å². The second-order valence-electron chi connectivity index (χ2n) is 4.10. The molecule has 4 nitrogen and oxygen atoms in total. The Kier molecular flexibility index (Phi) is 3.18. The Morgan fingerprint density at radius 2 is 2.11 bits per heavy atom. The Morgan fingerprint density at radius 3 is 2.83 bits per heavy atom. The fourth-order valence-corrected chi connectivity index (χ4v) is 3.19. The minimum absolute atomic E-state index is 0.0657. The van der Waals surface area contributed by atoms with Crippen LogP contribution in [0.5, 0.6) is 0 Å². The predicted molar refractivity (Wildman–Crippen MR) is 73.4 cm³/mol. The standard InChI is InChI=1S/C12H12ClN3OS/c13-10-9-3-1-2-4-16(9)14-11(10)12(17)15-5-7-18-8-6-15/h1-4H,5-8H2. The summed E-state index contributed by atoms with van der Waals surface area (Å²) in [6.07, 6.45) is 1.80. The zero-order valence-electron chi connectivity index (χ0n) is 9.67. The maximum atomic E-state index is 12.3. The number of hydrogen-bond acceptors (Lipinski definition) is 3. The molecule has 1 saturated heterocycles. The molecule has 0 saturated carbocycles. The summed E-state index contributed by atoms with van der Waals surface area (Å²) in [6.45, 7) is 1.54. The summed E-state index contributed by atoms with van der Waals surface area (Å²) in [7, 11) is 0. The molecule has 0 unspecified atom stereocenters. The third-order valence-corrected chi connectivity index (χ3v) is 4.30. The predicted octanol–water partition coefficient (Wildman–Crippen LogP) is 2.18. The van der Waals surface area contributed by atoms with Gasteiger partial charge in [-0.3, -0.25) is 4.79 Å². The van der Waals surface area contributed by atoms with Crippen molar-refractivity contribution in [3.8, 4) is 0 Å². The van der Waals surface area contributed by atoms with Crippen molar-refractivity contribution in [2.45, 2.75) is 0 Å². The molecular weight excluding hydrogens is 270 g/mol. The van der Waals surface area contributed by atoms with Crippen molar-refractivity contribution >= 4 is 34.8 Å². The number of thioether (sulfide) groups is 1. The molecule has 0 aromatic carbocycles. The first-order valence-corrected chi connectivity index (χ1v) is 7.30. The first-order valence-electron chi connectivity index (χ1n) is 5.77. The van der Waals surface area contributed by atoms with Crippen LogP contribution in [0, 0.1) is 0 Å². The zero-order chi connectivity index (χ0) is 12.5. The molecule has 1 amide bonds. The van der Waals surface area contributed by atoms with E-state index < -0.39 is 0 Å². The molecule has 2 aromatic rings. The molecule has 0 aliphatic carbocycles. The van der Waals surface area contributed by atoms with Crippen LogP contribution in [0.1, 0.15) is 10.5 Å². The minimum Gasteiger partial charge on any atom is -0.336 e. The van der Waals surface area contributed by atoms with Crippen molar-refractivity contribution in [1.82, 2.24) is 14.5 Å². The van der Waals surface area contributed by atoms with E-state index in [0.29, 0.717) is 10.7 Å². The van der Waals surface area contributed by atoms with E-state index in [1.807, 2.05) is 34.9 Å². The van der Waals surface area contributed by atoms with E-state index in [-0.39, 0.29) is 5.91 Å². The summed E-state index contributed by atoms with van der Waals surface area (Å²) in [5.41, 5.74) is 1.13. The highest BCUT2D eigenvalue weighted by atomic mass is 35.5. The number of nitrogens with zero attached hydrogens (tertiary/aromatic N) is 3. The van der Waals surface area contributed by atoms with Crippen LogP contribution >= 0.6 is 23.4 Å². The molecule has 1 aliphatic heterocycles. The van der Waals surface area contributed by atoms with Crippen LogP contribution in [-0.2, 0) is 0 Å². The van der Waals surface area contributed by atoms with Crippen molar-refractivity contribution in [3.05, 3.63) is 35.1 Å². The average Bonchev–Trinajstić information content (AvgIpc) is 2.77. The summed E-state index contributed by atoms with van der Waals surface area (Å²) >= 11 is 8.10. The average molecular weight is 282 g/mol. The number of rotatable bonds is 1. The monoisotopic (exact) mass is 281 g/mol. The molecule has 0 bridgehead atoms. The van der Waals surface area contributed by atoms with Crippen molar-refractivity contribution in [2.24, 2.45) is 0 Å². The van der Waals surface area contributed by atoms with Gasteiger partial charge < -0.3 is 4.90 Å². The quantitative estimate of drug-likeness (QED) is 0.804. The first kappa shape index (κ1) is 11.9. The molecule has 3 heterocycles. The Labute approximate surface area is 114 Å². The molecular formula is C12H12ClN3OS. The lowest BCUT2D eigenvalue weighted by Crippen LogP contribution is -2.38. The third kappa shape index (κ3) is 1.97. The maximum absolute atomic E-state index is 12.3. The molecule has 0 spiro atoms. The number of halogens is 1. The van der Waals surface area contributed by atoms with Crippen LogP contribution in [0.4, 0.5) is 0 Å². The van der Waals surface area contributed by atoms with Gasteiger partial charge >= 0.3 is 0 Å². The summed E-state index contributed by atoms with van der Waals surface area (Å²) < 4.78 is 1.65. The molecule has 1 fully saturated rings. The largest absolute Gasteiger partial charge is 0.336 e. The Morgan fingerprint density at radius 1 is 1.33 bits per heavy atom. The summed E-state index contributed by atoms with van der Waals surface area (Å²) in [5.74, 6) is 1.90. The Hall–Kier alpha value is -1.20. The van der Waals surface area contributed by atoms with E-state index in [1.165, 1.54) is 0 Å². The minimum atomic E-state index is -0.0657. The lowest BCUT2D eigenvalue weighted by molar-refractivity contribution is 0.0766. The molecule has 0 N–H and O–H groups in total. The fourth-order valence-electron chi connectivity index (χ4n) is 2.02. The van der Waals surface area contributed by atoms with Crippen LogP contribution in [0.15, 0.2) is 24.4 Å². The smallest absolute Gasteiger partial charge is 0.276 e. The lowest BCUT2D eigenvalue weighted by Gasteiger charge is -2.25. The van der Waals surface area contributed by atoms with Crippen LogP contribution in [0.3, 0.4) is 0 Å². The van der Waals surface area contributed by atoms with E-state index in [9.17, 15) is 4.79 Å². The highest BCUT2D eigenvalue weighted by Crippen LogP contribution is 2.23. The van der Waals surface area contributed by atoms with Crippen LogP contribution in [0.2, 0.25) is 5.02 Å². The topological polar surface area (TPSA) is 37.6 Å². The second kappa shape index (κ2) is 4.82. The number of carbonyl (C=O) groups is 1. The molecule has 3 rings (SSSR count). The van der Waals surface area contributed by atoms with Gasteiger partial charge in [-0.2, -0.15) is 16.9 Å². The van der Waals surface area contributed by atoms with Crippen LogP contribution in [-0.4, -0.2) is 45.0 Å². The summed E-state index contributed by atoms with van der Waals surface area (Å²) in [4.78, 5) is 14.2. The molecule has 0 radical (unpaired) electrons. The van der Waals surface area contributed by atoms with Gasteiger partial charge in [0, 0.05) is 30.8 Å². The van der Waals surface area contributed by atoms with Gasteiger partial charge in [-0.25, -0.2) is 4.52 Å². The third-order valence-electron chi connectivity index (χ3n) is 2.98. The lowest BCUT2D eigenvalue weighted by atomic mass is 10.3. The number of aromatic nitrogens is 2. The Balaban J connectivity index is 1.98. The van der Waals surface area contributed by atoms with E-state index in [0.717, 1.165) is 30.1 Å². The summed E-state index contributed by atoms with van der Waals surface area (Å²) in [6, 6.07) is 5.61. The van der Waals surface area contributed by atoms with Gasteiger partial charge in [0.2, 0.25) is 0 Å². The molecule has 18 heavy (non-hydrogen) atoms. The van der Waals surface area contributed by atoms with Gasteiger partial charge in [0.15, 0.2) is 5.69 Å². The van der Waals surface area contributed by atoms with E-state index in [2.05, 4.69) is 5.10 Å². The maximum Gasteiger partial charge on any atom is 0.276 e. The fraction of sp³-hybridized carbons (Fsp3) is 0.333. The number of carbonyl (C=O) groups excluding carboxylic acids is 1. The van der Waals surface area contributed by atoms with Gasteiger partial charge in [-0.05, 0) is 12.1 Å². The summed E-state index contributed by atoms with van der Waals surface area (Å²) in [5, 5.41) is 4.72. The second-order valence-corrected chi connectivity index (χ2v) is 5.70. The van der Waals surface area contributed by atoms with Crippen molar-refractivity contribution in [2.75, 3.05) is 24.6 Å². The number of amides is 1. The van der Waals surface area contributed by atoms with Crippen LogP contribution < -0.4 is 0 Å². The molecule has 1 aliphatic rings. The number of fused-ring (bicyclic) bond motifs is 1. The van der Waals surface area contributed by atoms with E-state index in [4.69, 9.17) is 11.6 Å². The van der Waals surface area contributed by atoms with E-state index >= 15 is 0 Å². The van der Waals surface area contributed by atoms with Crippen LogP contribution in [0.25, 0.3) is 5.52 Å². The van der Waals surface area contributed by atoms with Crippen molar-refractivity contribution in [1.29, 1.82) is 0 Å². The van der Waals surface area contributed by atoms with Gasteiger partial charge in [-0.1, -0.05) is 17.7 Å². The zero-order valence-corrected chi connectivity index (χ0v) is 11.2. The van der Waals surface area contributed by atoms with E-state index in [1.54, 1.807) is 10.7 Å². The molecule has 0 atom stereocenters. The highest BCUT2D eigenvalue weighted by Gasteiger charge is 2.24. The van der Waals surface area contributed by atoms with Crippen molar-refractivity contribution < 1.29 is 4.79 Å². The normalized spacial score (nSPS) is 16.2. The number of hydrogen-bond donors (Lipinski definition) is 0. The molecule has 94 valence electrons. The first-order chi connectivity index (χ1) is 8.77. The van der Waals surface area contributed by atoms with Gasteiger partial charge in [-0.15, -0.1) is 0 Å². The molecule has 6 heteroatoms. The number of pyridine rings is 1. The molecule has 2 aromatic heterocycles. The highest BCUT2D eigenvalue weighted by molar-refractivity contribution is 7.99. The SMILES string of the molecule is O=C(c1nn2ccccc2c1Cl)N1CCSCC1. The van der Waals surface area contributed by atoms with Gasteiger partial charge in [0.25, 0.3) is 5.91 Å². The Bertz CT molecular complexity index is 592. The van der Waals surface area contributed by atoms with Gasteiger partial charge in [0.1, 0.15) is 0 Å².